The lowest BCUT2D eigenvalue weighted by Gasteiger charge is -2.20. The van der Waals surface area contributed by atoms with Gasteiger partial charge in [-0.2, -0.15) is 5.01 Å². The molecule has 1 heterocycles. The summed E-state index contributed by atoms with van der Waals surface area (Å²) in [4.78, 5) is 42.5. The van der Waals surface area contributed by atoms with Gasteiger partial charge < -0.3 is 15.2 Å². The lowest BCUT2D eigenvalue weighted by molar-refractivity contribution is -0.124. The number of benzene rings is 3. The van der Waals surface area contributed by atoms with Crippen molar-refractivity contribution in [3.63, 3.8) is 0 Å². The van der Waals surface area contributed by atoms with Crippen LogP contribution < -0.4 is 15.5 Å². The zero-order valence-electron chi connectivity index (χ0n) is 19.7. The maximum atomic E-state index is 13.3. The molecule has 0 fully saturated rings. The molecule has 0 saturated carbocycles. The number of rotatable bonds is 7. The van der Waals surface area contributed by atoms with E-state index in [0.29, 0.717) is 23.4 Å². The maximum Gasteiger partial charge on any atom is 0.297 e. The molecule has 0 unspecified atom stereocenters. The van der Waals surface area contributed by atoms with E-state index >= 15 is 0 Å². The van der Waals surface area contributed by atoms with Crippen LogP contribution in [0.1, 0.15) is 35.3 Å². The molecule has 0 bridgehead atoms. The van der Waals surface area contributed by atoms with Crippen molar-refractivity contribution in [2.45, 2.75) is 13.8 Å². The Morgan fingerprint density at radius 1 is 1.06 bits per heavy atom. The summed E-state index contributed by atoms with van der Waals surface area (Å²) in [6.45, 7) is 3.45. The molecule has 0 radical (unpaired) electrons. The first-order chi connectivity index (χ1) is 17.4. The number of phenols is 1. The Labute approximate surface area is 207 Å². The molecule has 0 aromatic heterocycles. The minimum absolute atomic E-state index is 0.0541. The number of phenolic OH excluding ortho intramolecular Hbond substituents is 1. The van der Waals surface area contributed by atoms with Crippen molar-refractivity contribution in [1.29, 1.82) is 0 Å². The van der Waals surface area contributed by atoms with Crippen LogP contribution >= 0.6 is 0 Å². The third kappa shape index (κ3) is 5.41. The first-order valence-corrected chi connectivity index (χ1v) is 11.2. The second-order valence-electron chi connectivity index (χ2n) is 7.83. The van der Waals surface area contributed by atoms with Crippen LogP contribution in [0.25, 0.3) is 6.08 Å². The maximum absolute atomic E-state index is 13.3. The van der Waals surface area contributed by atoms with E-state index in [1.54, 1.807) is 55.5 Å². The fraction of sp³-hybridized carbons (Fsp3) is 0.111. The number of amidine groups is 1. The van der Waals surface area contributed by atoms with Crippen LogP contribution in [-0.4, -0.2) is 40.3 Å². The Kier molecular flexibility index (Phi) is 7.10. The van der Waals surface area contributed by atoms with Crippen molar-refractivity contribution in [2.75, 3.05) is 11.9 Å². The molecule has 9 heteroatoms. The van der Waals surface area contributed by atoms with Crippen molar-refractivity contribution >= 4 is 35.3 Å². The summed E-state index contributed by atoms with van der Waals surface area (Å²) in [5.74, 6) is -0.845. The minimum Gasteiger partial charge on any atom is -0.508 e. The van der Waals surface area contributed by atoms with Gasteiger partial charge in [0.05, 0.1) is 12.2 Å². The van der Waals surface area contributed by atoms with Crippen molar-refractivity contribution in [2.24, 2.45) is 4.99 Å². The number of amides is 3. The number of anilines is 1. The van der Waals surface area contributed by atoms with E-state index in [-0.39, 0.29) is 34.5 Å². The highest BCUT2D eigenvalue weighted by molar-refractivity contribution is 6.20. The molecule has 0 spiro atoms. The number of nitrogens with one attached hydrogen (secondary N) is 2. The molecule has 0 saturated heterocycles. The first-order valence-electron chi connectivity index (χ1n) is 11.2. The molecule has 4 rings (SSSR count). The molecule has 36 heavy (non-hydrogen) atoms. The molecular weight excluding hydrogens is 460 g/mol. The topological polar surface area (TPSA) is 120 Å². The Morgan fingerprint density at radius 2 is 1.83 bits per heavy atom. The van der Waals surface area contributed by atoms with E-state index < -0.39 is 11.8 Å². The Hall–Kier alpha value is -4.92. The molecule has 3 N–H and O–H groups in total. The van der Waals surface area contributed by atoms with Gasteiger partial charge in [-0.15, -0.1) is 0 Å². The zero-order valence-corrected chi connectivity index (χ0v) is 19.7. The molecule has 3 aromatic carbocycles. The zero-order chi connectivity index (χ0) is 25.7. The number of hydrogen-bond acceptors (Lipinski definition) is 6. The fourth-order valence-electron chi connectivity index (χ4n) is 3.60. The molecule has 1 aliphatic heterocycles. The van der Waals surface area contributed by atoms with E-state index in [0.717, 1.165) is 5.01 Å². The average Bonchev–Trinajstić information content (AvgIpc) is 3.14. The number of ether oxygens (including phenoxy) is 1. The smallest absolute Gasteiger partial charge is 0.297 e. The molecule has 0 aliphatic carbocycles. The highest BCUT2D eigenvalue weighted by Gasteiger charge is 2.33. The van der Waals surface area contributed by atoms with E-state index in [1.165, 1.54) is 31.2 Å². The van der Waals surface area contributed by atoms with Crippen LogP contribution in [0.5, 0.6) is 11.5 Å². The normalized spacial score (nSPS) is 13.9. The van der Waals surface area contributed by atoms with Crippen molar-refractivity contribution in [3.8, 4) is 11.5 Å². The van der Waals surface area contributed by atoms with Gasteiger partial charge in [0, 0.05) is 24.2 Å². The molecule has 3 aromatic rings. The summed E-state index contributed by atoms with van der Waals surface area (Å²) in [6, 6.07) is 20.0. The highest BCUT2D eigenvalue weighted by atomic mass is 16.5. The number of carbonyl (C=O) groups is 3. The Bertz CT molecular complexity index is 1380. The summed E-state index contributed by atoms with van der Waals surface area (Å²) < 4.78 is 5.61. The SMILES string of the molecule is CCOc1cc(NC(C)=O)ccc1C(=O)NN1C(=O)C(=Cc2cccc(O)c2)N=C1c1ccccc1. The predicted molar refractivity (Wildman–Crippen MR) is 135 cm³/mol. The fourth-order valence-corrected chi connectivity index (χ4v) is 3.60. The van der Waals surface area contributed by atoms with E-state index in [1.807, 2.05) is 6.07 Å². The van der Waals surface area contributed by atoms with E-state index in [2.05, 4.69) is 15.7 Å². The van der Waals surface area contributed by atoms with Crippen LogP contribution in [0.2, 0.25) is 0 Å². The van der Waals surface area contributed by atoms with Gasteiger partial charge in [0.15, 0.2) is 5.84 Å². The molecule has 1 aliphatic rings. The average molecular weight is 485 g/mol. The predicted octanol–water partition coefficient (Wildman–Crippen LogP) is 3.72. The van der Waals surface area contributed by atoms with Crippen LogP contribution in [0, 0.1) is 0 Å². The largest absolute Gasteiger partial charge is 0.508 e. The van der Waals surface area contributed by atoms with Crippen LogP contribution in [-0.2, 0) is 9.59 Å². The monoisotopic (exact) mass is 484 g/mol. The summed E-state index contributed by atoms with van der Waals surface area (Å²) in [7, 11) is 0. The number of carbonyl (C=O) groups excluding carboxylic acids is 3. The van der Waals surface area contributed by atoms with E-state index in [9.17, 15) is 19.5 Å². The molecule has 9 nitrogen and oxygen atoms in total. The summed E-state index contributed by atoms with van der Waals surface area (Å²) in [5, 5.41) is 13.5. The van der Waals surface area contributed by atoms with E-state index in [4.69, 9.17) is 4.74 Å². The van der Waals surface area contributed by atoms with Gasteiger partial charge in [0.1, 0.15) is 17.2 Å². The number of nitrogens with zero attached hydrogens (tertiary/aromatic N) is 2. The van der Waals surface area contributed by atoms with Crippen LogP contribution in [0.15, 0.2) is 83.5 Å². The minimum atomic E-state index is -0.594. The number of hydrogen-bond donors (Lipinski definition) is 3. The second kappa shape index (κ2) is 10.6. The standard InChI is InChI=1S/C27H24N4O5/c1-3-36-24-16-20(28-17(2)32)12-13-22(24)26(34)30-31-25(19-9-5-4-6-10-19)29-23(27(31)35)15-18-8-7-11-21(33)14-18/h4-16,33H,3H2,1-2H3,(H,28,32)(H,30,34). The second-order valence-corrected chi connectivity index (χ2v) is 7.83. The third-order valence-corrected chi connectivity index (χ3v) is 5.13. The van der Waals surface area contributed by atoms with Crippen LogP contribution in [0.3, 0.4) is 0 Å². The van der Waals surface area contributed by atoms with Crippen LogP contribution in [0.4, 0.5) is 5.69 Å². The summed E-state index contributed by atoms with van der Waals surface area (Å²) in [6.07, 6.45) is 1.53. The summed E-state index contributed by atoms with van der Waals surface area (Å²) in [5.41, 5.74) is 4.58. The van der Waals surface area contributed by atoms with Crippen molar-refractivity contribution in [3.05, 3.63) is 95.2 Å². The molecular formula is C27H24N4O5. The molecule has 0 atom stereocenters. The third-order valence-electron chi connectivity index (χ3n) is 5.13. The summed E-state index contributed by atoms with van der Waals surface area (Å²) >= 11 is 0. The lowest BCUT2D eigenvalue weighted by Crippen LogP contribution is -2.47. The Morgan fingerprint density at radius 3 is 2.53 bits per heavy atom. The van der Waals surface area contributed by atoms with Gasteiger partial charge in [-0.1, -0.05) is 42.5 Å². The highest BCUT2D eigenvalue weighted by Crippen LogP contribution is 2.26. The number of aliphatic imine (C=N–C) groups is 1. The van der Waals surface area contributed by atoms with Gasteiger partial charge in [-0.05, 0) is 42.8 Å². The lowest BCUT2D eigenvalue weighted by atomic mass is 10.1. The quantitative estimate of drug-likeness (QED) is 0.442. The van der Waals surface area contributed by atoms with Gasteiger partial charge >= 0.3 is 0 Å². The van der Waals surface area contributed by atoms with Gasteiger partial charge in [-0.3, -0.25) is 19.8 Å². The van der Waals surface area contributed by atoms with Gasteiger partial charge in [-0.25, -0.2) is 4.99 Å². The first kappa shape index (κ1) is 24.2. The van der Waals surface area contributed by atoms with Crippen molar-refractivity contribution in [1.82, 2.24) is 10.4 Å². The van der Waals surface area contributed by atoms with Gasteiger partial charge in [0.2, 0.25) is 5.91 Å². The number of hydrazine groups is 1. The molecule has 3 amide bonds. The Balaban J connectivity index is 1.68. The van der Waals surface area contributed by atoms with Crippen molar-refractivity contribution < 1.29 is 24.2 Å². The molecule has 182 valence electrons. The van der Waals surface area contributed by atoms with Gasteiger partial charge in [0.25, 0.3) is 11.8 Å². The number of aromatic hydroxyl groups is 1.